The Labute approximate surface area is 217 Å². The molecule has 1 saturated heterocycles. The summed E-state index contributed by atoms with van der Waals surface area (Å²) in [5.74, 6) is 1.67. The van der Waals surface area contributed by atoms with Crippen molar-refractivity contribution >= 4 is 26.5 Å². The average molecular weight is 532 g/mol. The summed E-state index contributed by atoms with van der Waals surface area (Å²) in [5.41, 5.74) is 5.31. The molecule has 2 aromatic carbocycles. The van der Waals surface area contributed by atoms with Crippen molar-refractivity contribution in [3.8, 4) is 28.5 Å². The summed E-state index contributed by atoms with van der Waals surface area (Å²) in [6.45, 7) is 9.69. The Morgan fingerprint density at radius 1 is 0.833 bits per heavy atom. The number of sulfonamides is 1. The number of aryl methyl sites for hydroxylation is 2. The highest BCUT2D eigenvalue weighted by molar-refractivity contribution is 7.89. The molecule has 8 nitrogen and oxygen atoms in total. The van der Waals surface area contributed by atoms with Gasteiger partial charge in [-0.3, -0.25) is 0 Å². The van der Waals surface area contributed by atoms with E-state index < -0.39 is 10.0 Å². The first-order chi connectivity index (χ1) is 17.1. The molecule has 1 fully saturated rings. The van der Waals surface area contributed by atoms with E-state index in [2.05, 4.69) is 11.0 Å². The van der Waals surface area contributed by atoms with Gasteiger partial charge >= 0.3 is 0 Å². The maximum absolute atomic E-state index is 13.6. The van der Waals surface area contributed by atoms with E-state index in [0.717, 1.165) is 38.6 Å². The molecule has 1 aliphatic rings. The molecule has 10 heteroatoms. The van der Waals surface area contributed by atoms with Gasteiger partial charge in [0.15, 0.2) is 16.6 Å². The molecule has 1 aliphatic heterocycles. The molecule has 0 radical (unpaired) electrons. The van der Waals surface area contributed by atoms with Crippen molar-refractivity contribution in [1.29, 1.82) is 0 Å². The molecule has 0 aliphatic carbocycles. The van der Waals surface area contributed by atoms with Crippen LogP contribution in [0, 0.1) is 27.7 Å². The third kappa shape index (κ3) is 4.65. The predicted octanol–water partition coefficient (Wildman–Crippen LogP) is 4.58. The SMILES string of the molecule is COc1cc(-c2csc(N3CCN(S(=O)(=O)c4c(C)c(C)cc(C)c4C)CC3)n2)cc(OC)c1OC. The number of nitrogens with zero attached hydrogens (tertiary/aromatic N) is 3. The largest absolute Gasteiger partial charge is 0.493 e. The molecule has 4 rings (SSSR count). The van der Waals surface area contributed by atoms with Gasteiger partial charge in [-0.2, -0.15) is 4.31 Å². The number of ether oxygens (including phenoxy) is 3. The van der Waals surface area contributed by atoms with Crippen molar-refractivity contribution in [2.75, 3.05) is 52.4 Å². The Balaban J connectivity index is 1.54. The van der Waals surface area contributed by atoms with E-state index >= 15 is 0 Å². The summed E-state index contributed by atoms with van der Waals surface area (Å²) >= 11 is 1.54. The number of hydrogen-bond acceptors (Lipinski definition) is 8. The lowest BCUT2D eigenvalue weighted by molar-refractivity contribution is 0.324. The number of methoxy groups -OCH3 is 3. The summed E-state index contributed by atoms with van der Waals surface area (Å²) in [7, 11) is 1.16. The summed E-state index contributed by atoms with van der Waals surface area (Å²) in [6, 6.07) is 5.80. The normalized spacial score (nSPS) is 14.7. The maximum Gasteiger partial charge on any atom is 0.243 e. The Morgan fingerprint density at radius 3 is 1.89 bits per heavy atom. The minimum absolute atomic E-state index is 0.410. The molecule has 0 spiro atoms. The fourth-order valence-electron chi connectivity index (χ4n) is 4.59. The van der Waals surface area contributed by atoms with Crippen LogP contribution in [0.25, 0.3) is 11.3 Å². The molecule has 36 heavy (non-hydrogen) atoms. The summed E-state index contributed by atoms with van der Waals surface area (Å²) in [5, 5.41) is 2.84. The molecular formula is C26H33N3O5S2. The number of rotatable bonds is 7. The average Bonchev–Trinajstić information content (AvgIpc) is 3.37. The zero-order valence-electron chi connectivity index (χ0n) is 21.8. The fourth-order valence-corrected chi connectivity index (χ4v) is 7.47. The minimum atomic E-state index is -3.58. The number of anilines is 1. The zero-order valence-corrected chi connectivity index (χ0v) is 23.5. The first-order valence-corrected chi connectivity index (χ1v) is 14.0. The number of piperazine rings is 1. The van der Waals surface area contributed by atoms with E-state index in [9.17, 15) is 8.42 Å². The van der Waals surface area contributed by atoms with E-state index in [4.69, 9.17) is 19.2 Å². The lowest BCUT2D eigenvalue weighted by Gasteiger charge is -2.34. The van der Waals surface area contributed by atoms with Crippen LogP contribution in [0.4, 0.5) is 5.13 Å². The predicted molar refractivity (Wildman–Crippen MR) is 144 cm³/mol. The second kappa shape index (κ2) is 10.3. The van der Waals surface area contributed by atoms with Crippen LogP contribution in [-0.4, -0.2) is 65.2 Å². The molecule has 0 atom stereocenters. The highest BCUT2D eigenvalue weighted by Crippen LogP contribution is 2.42. The van der Waals surface area contributed by atoms with Crippen LogP contribution in [0.2, 0.25) is 0 Å². The Kier molecular flexibility index (Phi) is 7.49. The third-order valence-corrected chi connectivity index (χ3v) is 9.93. The number of aromatic nitrogens is 1. The first-order valence-electron chi connectivity index (χ1n) is 11.7. The Bertz CT molecular complexity index is 1330. The van der Waals surface area contributed by atoms with Crippen LogP contribution in [0.3, 0.4) is 0 Å². The van der Waals surface area contributed by atoms with Crippen molar-refractivity contribution in [3.63, 3.8) is 0 Å². The van der Waals surface area contributed by atoms with Gasteiger partial charge in [0.2, 0.25) is 15.8 Å². The molecule has 0 amide bonds. The first kappa shape index (κ1) is 26.2. The van der Waals surface area contributed by atoms with Crippen LogP contribution >= 0.6 is 11.3 Å². The molecule has 3 aromatic rings. The van der Waals surface area contributed by atoms with Gasteiger partial charge in [0.1, 0.15) is 0 Å². The molecule has 0 saturated carbocycles. The maximum atomic E-state index is 13.6. The third-order valence-electron chi connectivity index (χ3n) is 6.86. The molecule has 2 heterocycles. The lowest BCUT2D eigenvalue weighted by Crippen LogP contribution is -2.49. The van der Waals surface area contributed by atoms with Gasteiger partial charge in [0, 0.05) is 37.1 Å². The van der Waals surface area contributed by atoms with E-state index in [1.54, 1.807) is 25.6 Å². The lowest BCUT2D eigenvalue weighted by atomic mass is 10.0. The van der Waals surface area contributed by atoms with Crippen LogP contribution < -0.4 is 19.1 Å². The van der Waals surface area contributed by atoms with Crippen LogP contribution in [0.1, 0.15) is 22.3 Å². The molecule has 194 valence electrons. The van der Waals surface area contributed by atoms with E-state index in [-0.39, 0.29) is 0 Å². The summed E-state index contributed by atoms with van der Waals surface area (Å²) < 4.78 is 45.2. The molecule has 0 unspecified atom stereocenters. The van der Waals surface area contributed by atoms with Crippen molar-refractivity contribution in [3.05, 3.63) is 45.8 Å². The van der Waals surface area contributed by atoms with Crippen molar-refractivity contribution in [1.82, 2.24) is 9.29 Å². The van der Waals surface area contributed by atoms with Gasteiger partial charge in [-0.15, -0.1) is 11.3 Å². The standard InChI is InChI=1S/C26H33N3O5S2/c1-16-12-17(2)19(4)25(18(16)3)36(30,31)29-10-8-28(9-11-29)26-27-21(15-35-26)20-13-22(32-5)24(34-7)23(14-20)33-6/h12-15H,8-11H2,1-7H3. The van der Waals surface area contributed by atoms with Crippen LogP contribution in [-0.2, 0) is 10.0 Å². The van der Waals surface area contributed by atoms with Crippen molar-refractivity contribution in [2.24, 2.45) is 0 Å². The number of thiazole rings is 1. The Morgan fingerprint density at radius 2 is 1.39 bits per heavy atom. The van der Waals surface area contributed by atoms with E-state index in [1.165, 1.54) is 11.3 Å². The summed E-state index contributed by atoms with van der Waals surface area (Å²) in [4.78, 5) is 7.42. The van der Waals surface area contributed by atoms with Crippen LogP contribution in [0.15, 0.2) is 28.5 Å². The quantitative estimate of drug-likeness (QED) is 0.441. The fraction of sp³-hybridized carbons (Fsp3) is 0.423. The molecular weight excluding hydrogens is 498 g/mol. The highest BCUT2D eigenvalue weighted by atomic mass is 32.2. The summed E-state index contributed by atoms with van der Waals surface area (Å²) in [6.07, 6.45) is 0. The molecule has 0 bridgehead atoms. The van der Waals surface area contributed by atoms with Gasteiger partial charge in [0.25, 0.3) is 0 Å². The molecule has 0 N–H and O–H groups in total. The smallest absolute Gasteiger partial charge is 0.243 e. The van der Waals surface area contributed by atoms with Gasteiger partial charge in [-0.1, -0.05) is 6.07 Å². The second-order valence-corrected chi connectivity index (χ2v) is 11.6. The number of benzene rings is 2. The van der Waals surface area contributed by atoms with Gasteiger partial charge < -0.3 is 19.1 Å². The minimum Gasteiger partial charge on any atom is -0.493 e. The van der Waals surface area contributed by atoms with Crippen molar-refractivity contribution in [2.45, 2.75) is 32.6 Å². The highest BCUT2D eigenvalue weighted by Gasteiger charge is 2.32. The van der Waals surface area contributed by atoms with Gasteiger partial charge in [-0.05, 0) is 62.1 Å². The monoisotopic (exact) mass is 531 g/mol. The topological polar surface area (TPSA) is 81.2 Å². The second-order valence-electron chi connectivity index (χ2n) is 8.91. The number of hydrogen-bond donors (Lipinski definition) is 0. The van der Waals surface area contributed by atoms with Crippen molar-refractivity contribution < 1.29 is 22.6 Å². The zero-order chi connectivity index (χ0) is 26.2. The van der Waals surface area contributed by atoms with E-state index in [1.807, 2.05) is 45.2 Å². The van der Waals surface area contributed by atoms with Gasteiger partial charge in [0.05, 0.1) is 31.9 Å². The van der Waals surface area contributed by atoms with Gasteiger partial charge in [-0.25, -0.2) is 13.4 Å². The molecule has 1 aromatic heterocycles. The van der Waals surface area contributed by atoms with E-state index in [0.29, 0.717) is 48.3 Å². The van der Waals surface area contributed by atoms with Crippen LogP contribution in [0.5, 0.6) is 17.2 Å². The Hall–Kier alpha value is -2.82.